The summed E-state index contributed by atoms with van der Waals surface area (Å²) in [4.78, 5) is 27.5. The molecule has 1 aliphatic rings. The average Bonchev–Trinajstić information content (AvgIpc) is 2.81. The summed E-state index contributed by atoms with van der Waals surface area (Å²) in [5.41, 5.74) is 0.469. The van der Waals surface area contributed by atoms with Crippen molar-refractivity contribution in [1.29, 1.82) is 0 Å². The van der Waals surface area contributed by atoms with Crippen LogP contribution in [0, 0.1) is 0 Å². The number of hydrogen-bond acceptors (Lipinski definition) is 5. The molecule has 1 saturated heterocycles. The molecule has 7 heteroatoms. The van der Waals surface area contributed by atoms with Crippen molar-refractivity contribution in [3.63, 3.8) is 0 Å². The van der Waals surface area contributed by atoms with Gasteiger partial charge in [0.05, 0.1) is 0 Å². The number of carbonyl (C=O) groups is 1. The van der Waals surface area contributed by atoms with Crippen molar-refractivity contribution >= 4 is 17.4 Å². The summed E-state index contributed by atoms with van der Waals surface area (Å²) in [6.45, 7) is 7.69. The molecule has 0 radical (unpaired) electrons. The van der Waals surface area contributed by atoms with E-state index >= 15 is 0 Å². The molecule has 6 nitrogen and oxygen atoms in total. The number of rotatable bonds is 3. The number of hydrogen-bond donors (Lipinski definition) is 2. The molecular weight excluding hydrogens is 290 g/mol. The number of nitrogens with one attached hydrogen (secondary N) is 2. The predicted molar refractivity (Wildman–Crippen MR) is 82.6 cm³/mol. The van der Waals surface area contributed by atoms with Crippen LogP contribution in [0.2, 0.25) is 0 Å². The molecule has 0 saturated carbocycles. The minimum absolute atomic E-state index is 0.0217. The second kappa shape index (κ2) is 6.62. The Morgan fingerprint density at radius 3 is 2.67 bits per heavy atom. The Labute approximate surface area is 128 Å². The maximum absolute atomic E-state index is 11.9. The predicted octanol–water partition coefficient (Wildman–Crippen LogP) is 1.93. The van der Waals surface area contributed by atoms with E-state index in [1.165, 1.54) is 11.3 Å². The van der Waals surface area contributed by atoms with E-state index in [0.29, 0.717) is 25.7 Å². The first kappa shape index (κ1) is 16.0. The molecule has 0 aliphatic carbocycles. The fraction of sp³-hybridized carbons (Fsp3) is 0.714. The van der Waals surface area contributed by atoms with Gasteiger partial charge in [0, 0.05) is 36.8 Å². The van der Waals surface area contributed by atoms with Crippen LogP contribution in [0.5, 0.6) is 0 Å². The summed E-state index contributed by atoms with van der Waals surface area (Å²) >= 11 is 1.18. The molecule has 118 valence electrons. The van der Waals surface area contributed by atoms with Crippen LogP contribution in [-0.4, -0.2) is 40.7 Å². The van der Waals surface area contributed by atoms with E-state index in [2.05, 4.69) is 10.3 Å². The molecule has 0 bridgehead atoms. The van der Waals surface area contributed by atoms with E-state index in [9.17, 15) is 9.59 Å². The van der Waals surface area contributed by atoms with E-state index in [1.807, 2.05) is 26.2 Å². The van der Waals surface area contributed by atoms with Crippen LogP contribution in [0.15, 0.2) is 10.2 Å². The quantitative estimate of drug-likeness (QED) is 0.894. The fourth-order valence-corrected chi connectivity index (χ4v) is 2.83. The smallest absolute Gasteiger partial charge is 0.410 e. The SMILES string of the molecule is CC(C)(C)OC(=O)N1CCC(NCc2csc(=O)[nH]2)CC1. The van der Waals surface area contributed by atoms with Crippen LogP contribution in [0.4, 0.5) is 4.79 Å². The highest BCUT2D eigenvalue weighted by molar-refractivity contribution is 7.07. The largest absolute Gasteiger partial charge is 0.444 e. The summed E-state index contributed by atoms with van der Waals surface area (Å²) < 4.78 is 5.37. The number of likely N-dealkylation sites (tertiary alicyclic amines) is 1. The van der Waals surface area contributed by atoms with Gasteiger partial charge in [0.25, 0.3) is 0 Å². The summed E-state index contributed by atoms with van der Waals surface area (Å²) in [7, 11) is 0. The molecule has 0 aromatic carbocycles. The van der Waals surface area contributed by atoms with Crippen molar-refractivity contribution in [1.82, 2.24) is 15.2 Å². The molecule has 1 aromatic heterocycles. The summed E-state index contributed by atoms with van der Waals surface area (Å²) in [5, 5.41) is 5.26. The van der Waals surface area contributed by atoms with Crippen LogP contribution >= 0.6 is 11.3 Å². The Hall–Kier alpha value is -1.34. The lowest BCUT2D eigenvalue weighted by Crippen LogP contribution is -2.46. The lowest BCUT2D eigenvalue weighted by Gasteiger charge is -2.33. The Balaban J connectivity index is 1.73. The van der Waals surface area contributed by atoms with Crippen molar-refractivity contribution in [2.24, 2.45) is 0 Å². The maximum Gasteiger partial charge on any atom is 0.410 e. The first-order valence-corrected chi connectivity index (χ1v) is 8.09. The van der Waals surface area contributed by atoms with Gasteiger partial charge in [-0.05, 0) is 33.6 Å². The zero-order chi connectivity index (χ0) is 15.5. The zero-order valence-electron chi connectivity index (χ0n) is 12.8. The third kappa shape index (κ3) is 5.17. The van der Waals surface area contributed by atoms with Gasteiger partial charge in [0.2, 0.25) is 0 Å². The average molecular weight is 313 g/mol. The Morgan fingerprint density at radius 2 is 2.14 bits per heavy atom. The fourth-order valence-electron chi connectivity index (χ4n) is 2.25. The van der Waals surface area contributed by atoms with Crippen LogP contribution in [0.3, 0.4) is 0 Å². The van der Waals surface area contributed by atoms with Crippen molar-refractivity contribution in [2.45, 2.75) is 51.8 Å². The summed E-state index contributed by atoms with van der Waals surface area (Å²) in [6, 6.07) is 0.368. The number of aromatic nitrogens is 1. The monoisotopic (exact) mass is 313 g/mol. The van der Waals surface area contributed by atoms with E-state index < -0.39 is 5.60 Å². The van der Waals surface area contributed by atoms with Crippen LogP contribution in [0.1, 0.15) is 39.3 Å². The molecule has 0 unspecified atom stereocenters. The zero-order valence-corrected chi connectivity index (χ0v) is 13.6. The van der Waals surface area contributed by atoms with Crippen molar-refractivity contribution in [3.8, 4) is 0 Å². The first-order chi connectivity index (χ1) is 9.83. The second-order valence-corrected chi connectivity index (χ2v) is 7.14. The molecular formula is C14H23N3O3S. The van der Waals surface area contributed by atoms with Gasteiger partial charge < -0.3 is 19.9 Å². The number of carbonyl (C=O) groups excluding carboxylic acids is 1. The number of piperidine rings is 1. The van der Waals surface area contributed by atoms with E-state index in [-0.39, 0.29) is 11.0 Å². The minimum atomic E-state index is -0.447. The molecule has 21 heavy (non-hydrogen) atoms. The molecule has 1 aliphatic heterocycles. The number of H-pyrrole nitrogens is 1. The molecule has 1 fully saturated rings. The Morgan fingerprint density at radius 1 is 1.48 bits per heavy atom. The topological polar surface area (TPSA) is 74.4 Å². The van der Waals surface area contributed by atoms with Gasteiger partial charge in [-0.1, -0.05) is 11.3 Å². The van der Waals surface area contributed by atoms with E-state index in [1.54, 1.807) is 4.90 Å². The maximum atomic E-state index is 11.9. The van der Waals surface area contributed by atoms with Gasteiger partial charge in [-0.2, -0.15) is 0 Å². The van der Waals surface area contributed by atoms with E-state index in [4.69, 9.17) is 4.74 Å². The molecule has 0 spiro atoms. The third-order valence-corrected chi connectivity index (χ3v) is 4.02. The van der Waals surface area contributed by atoms with E-state index in [0.717, 1.165) is 18.5 Å². The minimum Gasteiger partial charge on any atom is -0.444 e. The summed E-state index contributed by atoms with van der Waals surface area (Å²) in [5.74, 6) is 0. The van der Waals surface area contributed by atoms with Crippen molar-refractivity contribution in [2.75, 3.05) is 13.1 Å². The van der Waals surface area contributed by atoms with Gasteiger partial charge >= 0.3 is 11.0 Å². The molecule has 0 atom stereocenters. The van der Waals surface area contributed by atoms with Crippen molar-refractivity contribution < 1.29 is 9.53 Å². The highest BCUT2D eigenvalue weighted by Gasteiger charge is 2.26. The Bertz CT molecular complexity index is 524. The first-order valence-electron chi connectivity index (χ1n) is 7.21. The highest BCUT2D eigenvalue weighted by atomic mass is 32.1. The summed E-state index contributed by atoms with van der Waals surface area (Å²) in [6.07, 6.45) is 1.56. The van der Waals surface area contributed by atoms with Crippen LogP contribution < -0.4 is 10.2 Å². The standard InChI is InChI=1S/C14H23N3O3S/c1-14(2,3)20-13(19)17-6-4-10(5-7-17)15-8-11-9-21-12(18)16-11/h9-10,15H,4-8H2,1-3H3,(H,16,18). The van der Waals surface area contributed by atoms with Gasteiger partial charge in [0.15, 0.2) is 0 Å². The van der Waals surface area contributed by atoms with Gasteiger partial charge in [0.1, 0.15) is 5.60 Å². The van der Waals surface area contributed by atoms with Gasteiger partial charge in [-0.15, -0.1) is 0 Å². The normalized spacial score (nSPS) is 17.0. The molecule has 2 rings (SSSR count). The third-order valence-electron chi connectivity index (χ3n) is 3.30. The highest BCUT2D eigenvalue weighted by Crippen LogP contribution is 2.15. The number of amides is 1. The second-order valence-electron chi connectivity index (χ2n) is 6.30. The molecule has 2 N–H and O–H groups in total. The van der Waals surface area contributed by atoms with Crippen molar-refractivity contribution in [3.05, 3.63) is 20.7 Å². The molecule has 2 heterocycles. The van der Waals surface area contributed by atoms with Gasteiger partial charge in [-0.25, -0.2) is 4.79 Å². The lowest BCUT2D eigenvalue weighted by atomic mass is 10.1. The number of aromatic amines is 1. The number of thiazole rings is 1. The van der Waals surface area contributed by atoms with Crippen LogP contribution in [0.25, 0.3) is 0 Å². The molecule has 1 aromatic rings. The Kier molecular flexibility index (Phi) is 5.05. The lowest BCUT2D eigenvalue weighted by molar-refractivity contribution is 0.0198. The number of nitrogens with zero attached hydrogens (tertiary/aromatic N) is 1. The molecule has 1 amide bonds. The van der Waals surface area contributed by atoms with Crippen LogP contribution in [-0.2, 0) is 11.3 Å². The van der Waals surface area contributed by atoms with Gasteiger partial charge in [-0.3, -0.25) is 4.79 Å². The number of ether oxygens (including phenoxy) is 1.